The fraction of sp³-hybridized carbons (Fsp3) is 0.364. The third-order valence-corrected chi connectivity index (χ3v) is 4.84. The first kappa shape index (κ1) is 20.3. The molecule has 1 fully saturated rings. The van der Waals surface area contributed by atoms with Crippen molar-refractivity contribution in [1.82, 2.24) is 15.1 Å². The Bertz CT molecular complexity index is 935. The highest BCUT2D eigenvalue weighted by Crippen LogP contribution is 2.19. The number of carbonyl (C=O) groups is 2. The molecule has 2 aromatic rings. The zero-order chi connectivity index (χ0) is 20.6. The molecule has 1 heterocycles. The van der Waals surface area contributed by atoms with Gasteiger partial charge in [-0.25, -0.2) is 9.48 Å². The average molecular weight is 392 g/mol. The average Bonchev–Trinajstić information content (AvgIpc) is 3.17. The molecule has 150 valence electrons. The van der Waals surface area contributed by atoms with Gasteiger partial charge < -0.3 is 10.1 Å². The lowest BCUT2D eigenvalue weighted by molar-refractivity contribution is -0.117. The van der Waals surface area contributed by atoms with E-state index in [9.17, 15) is 14.9 Å². The zero-order valence-corrected chi connectivity index (χ0v) is 16.4. The zero-order valence-electron chi connectivity index (χ0n) is 16.4. The molecule has 1 aromatic heterocycles. The quantitative estimate of drug-likeness (QED) is 0.462. The van der Waals surface area contributed by atoms with Gasteiger partial charge in [-0.3, -0.25) is 4.79 Å². The monoisotopic (exact) mass is 392 g/mol. The molecule has 0 atom stereocenters. The van der Waals surface area contributed by atoms with Crippen LogP contribution in [0.4, 0.5) is 0 Å². The van der Waals surface area contributed by atoms with E-state index in [1.54, 1.807) is 13.1 Å². The van der Waals surface area contributed by atoms with Crippen molar-refractivity contribution in [3.8, 4) is 11.8 Å². The van der Waals surface area contributed by atoms with Gasteiger partial charge in [-0.1, -0.05) is 37.5 Å². The summed E-state index contributed by atoms with van der Waals surface area (Å²) in [6, 6.07) is 11.3. The maximum atomic E-state index is 12.6. The Kier molecular flexibility index (Phi) is 6.80. The fourth-order valence-electron chi connectivity index (χ4n) is 3.38. The molecule has 1 aliphatic rings. The number of nitriles is 1. The second-order valence-electron chi connectivity index (χ2n) is 6.91. The standard InChI is InChI=1S/C22H24N4O3/c1-2-29-22(28)20-17(15-26(25-20)19-11-7-4-8-12-19)13-16(14-23)21(27)24-18-9-5-3-6-10-18/h4,7-8,11-13,15,18H,2-3,5-6,9-10H2,1H3,(H,24,27)/b16-13-. The highest BCUT2D eigenvalue weighted by atomic mass is 16.5. The smallest absolute Gasteiger partial charge is 0.359 e. The fourth-order valence-corrected chi connectivity index (χ4v) is 3.38. The number of carbonyl (C=O) groups excluding carboxylic acids is 2. The highest BCUT2D eigenvalue weighted by Gasteiger charge is 2.21. The molecule has 0 bridgehead atoms. The summed E-state index contributed by atoms with van der Waals surface area (Å²) in [5.41, 5.74) is 1.12. The highest BCUT2D eigenvalue weighted by molar-refractivity contribution is 6.03. The van der Waals surface area contributed by atoms with Gasteiger partial charge in [0.1, 0.15) is 11.6 Å². The van der Waals surface area contributed by atoms with Gasteiger partial charge in [0.15, 0.2) is 5.69 Å². The van der Waals surface area contributed by atoms with Crippen molar-refractivity contribution in [2.75, 3.05) is 6.61 Å². The Morgan fingerprint density at radius 3 is 2.66 bits per heavy atom. The van der Waals surface area contributed by atoms with Crippen LogP contribution in [0.15, 0.2) is 42.1 Å². The SMILES string of the molecule is CCOC(=O)c1nn(-c2ccccc2)cc1/C=C(/C#N)C(=O)NC1CCCCC1. The van der Waals surface area contributed by atoms with Crippen LogP contribution in [0.25, 0.3) is 11.8 Å². The largest absolute Gasteiger partial charge is 0.461 e. The Balaban J connectivity index is 1.91. The summed E-state index contributed by atoms with van der Waals surface area (Å²) in [7, 11) is 0. The van der Waals surface area contributed by atoms with Gasteiger partial charge in [-0.2, -0.15) is 10.4 Å². The van der Waals surface area contributed by atoms with Crippen LogP contribution in [0.1, 0.15) is 55.1 Å². The normalized spacial score (nSPS) is 14.8. The molecule has 0 aliphatic heterocycles. The van der Waals surface area contributed by atoms with E-state index in [-0.39, 0.29) is 23.9 Å². The molecule has 1 amide bonds. The molecule has 7 heteroatoms. The number of para-hydroxylation sites is 1. The van der Waals surface area contributed by atoms with E-state index < -0.39 is 11.9 Å². The summed E-state index contributed by atoms with van der Waals surface area (Å²) in [5, 5.41) is 16.8. The van der Waals surface area contributed by atoms with E-state index in [0.29, 0.717) is 5.56 Å². The molecule has 0 saturated heterocycles. The minimum absolute atomic E-state index is 0.0614. The molecule has 0 spiro atoms. The van der Waals surface area contributed by atoms with Crippen LogP contribution in [-0.2, 0) is 9.53 Å². The van der Waals surface area contributed by atoms with E-state index >= 15 is 0 Å². The van der Waals surface area contributed by atoms with Gasteiger partial charge in [0.2, 0.25) is 0 Å². The number of esters is 1. The second-order valence-corrected chi connectivity index (χ2v) is 6.91. The van der Waals surface area contributed by atoms with Crippen molar-refractivity contribution in [1.29, 1.82) is 5.26 Å². The van der Waals surface area contributed by atoms with Crippen molar-refractivity contribution < 1.29 is 14.3 Å². The lowest BCUT2D eigenvalue weighted by atomic mass is 9.95. The van der Waals surface area contributed by atoms with Crippen LogP contribution in [0.2, 0.25) is 0 Å². The number of nitrogens with one attached hydrogen (secondary N) is 1. The number of nitrogens with zero attached hydrogens (tertiary/aromatic N) is 3. The predicted molar refractivity (Wildman–Crippen MR) is 108 cm³/mol. The number of rotatable bonds is 6. The van der Waals surface area contributed by atoms with E-state index in [4.69, 9.17) is 4.74 Å². The first-order valence-electron chi connectivity index (χ1n) is 9.87. The second kappa shape index (κ2) is 9.69. The van der Waals surface area contributed by atoms with Crippen LogP contribution in [0, 0.1) is 11.3 Å². The maximum absolute atomic E-state index is 12.6. The molecule has 29 heavy (non-hydrogen) atoms. The van der Waals surface area contributed by atoms with E-state index in [1.807, 2.05) is 36.4 Å². The lowest BCUT2D eigenvalue weighted by Gasteiger charge is -2.22. The summed E-state index contributed by atoms with van der Waals surface area (Å²) in [5.74, 6) is -1.03. The van der Waals surface area contributed by atoms with Gasteiger partial charge in [0.25, 0.3) is 5.91 Å². The van der Waals surface area contributed by atoms with Crippen LogP contribution >= 0.6 is 0 Å². The van der Waals surface area contributed by atoms with Crippen molar-refractivity contribution in [2.24, 2.45) is 0 Å². The number of amides is 1. The van der Waals surface area contributed by atoms with Crippen molar-refractivity contribution >= 4 is 18.0 Å². The van der Waals surface area contributed by atoms with Gasteiger partial charge >= 0.3 is 5.97 Å². The first-order valence-corrected chi connectivity index (χ1v) is 9.87. The van der Waals surface area contributed by atoms with Crippen LogP contribution in [0.5, 0.6) is 0 Å². The molecule has 0 unspecified atom stereocenters. The minimum atomic E-state index is -0.599. The number of aromatic nitrogens is 2. The predicted octanol–water partition coefficient (Wildman–Crippen LogP) is 3.40. The number of hydrogen-bond acceptors (Lipinski definition) is 5. The molecular weight excluding hydrogens is 368 g/mol. The third kappa shape index (κ3) is 5.11. The van der Waals surface area contributed by atoms with Gasteiger partial charge in [0.05, 0.1) is 12.3 Å². The topological polar surface area (TPSA) is 97.0 Å². The van der Waals surface area contributed by atoms with Crippen molar-refractivity contribution in [3.63, 3.8) is 0 Å². The van der Waals surface area contributed by atoms with E-state index in [2.05, 4.69) is 10.4 Å². The summed E-state index contributed by atoms with van der Waals surface area (Å²) < 4.78 is 6.62. The molecule has 3 rings (SSSR count). The summed E-state index contributed by atoms with van der Waals surface area (Å²) >= 11 is 0. The lowest BCUT2D eigenvalue weighted by Crippen LogP contribution is -2.36. The molecule has 1 N–H and O–H groups in total. The first-order chi connectivity index (χ1) is 14.1. The number of ether oxygens (including phenoxy) is 1. The maximum Gasteiger partial charge on any atom is 0.359 e. The van der Waals surface area contributed by atoms with Gasteiger partial charge in [0, 0.05) is 17.8 Å². The van der Waals surface area contributed by atoms with Gasteiger partial charge in [-0.15, -0.1) is 0 Å². The van der Waals surface area contributed by atoms with Crippen molar-refractivity contribution in [3.05, 3.63) is 53.4 Å². The molecule has 1 aliphatic carbocycles. The molecular formula is C22H24N4O3. The Morgan fingerprint density at radius 1 is 1.28 bits per heavy atom. The molecule has 1 saturated carbocycles. The Hall–Kier alpha value is -3.40. The van der Waals surface area contributed by atoms with E-state index in [0.717, 1.165) is 31.4 Å². The summed E-state index contributed by atoms with van der Waals surface area (Å²) in [6.07, 6.45) is 8.19. The molecule has 7 nitrogen and oxygen atoms in total. The van der Waals surface area contributed by atoms with Crippen LogP contribution in [0.3, 0.4) is 0 Å². The van der Waals surface area contributed by atoms with Crippen LogP contribution < -0.4 is 5.32 Å². The summed E-state index contributed by atoms with van der Waals surface area (Å²) in [6.45, 7) is 1.91. The minimum Gasteiger partial charge on any atom is -0.461 e. The third-order valence-electron chi connectivity index (χ3n) is 4.84. The van der Waals surface area contributed by atoms with Crippen LogP contribution in [-0.4, -0.2) is 34.3 Å². The van der Waals surface area contributed by atoms with Gasteiger partial charge in [-0.05, 0) is 38.0 Å². The Morgan fingerprint density at radius 2 is 2.00 bits per heavy atom. The summed E-state index contributed by atoms with van der Waals surface area (Å²) in [4.78, 5) is 24.9. The number of benzene rings is 1. The van der Waals surface area contributed by atoms with Crippen molar-refractivity contribution in [2.45, 2.75) is 45.1 Å². The number of hydrogen-bond donors (Lipinski definition) is 1. The molecule has 0 radical (unpaired) electrons. The Labute approximate surface area is 170 Å². The molecule has 1 aromatic carbocycles. The van der Waals surface area contributed by atoms with E-state index in [1.165, 1.54) is 17.2 Å².